The van der Waals surface area contributed by atoms with Crippen LogP contribution in [0.5, 0.6) is 0 Å². The van der Waals surface area contributed by atoms with E-state index in [1.807, 2.05) is 11.8 Å². The molecule has 0 heterocycles. The largest absolute Gasteiger partial charge is 0.388 e. The van der Waals surface area contributed by atoms with Crippen molar-refractivity contribution in [2.45, 2.75) is 32.6 Å². The minimum absolute atomic E-state index is 0.325. The molecular weight excluding hydrogens is 156 g/mol. The standard InChI is InChI=1S/C8H18N2S/c1-2-6-11-7-4-3-5-8(9)10/h2-7H2,1H3,(H3,9,10). The highest BCUT2D eigenvalue weighted by molar-refractivity contribution is 7.99. The van der Waals surface area contributed by atoms with Crippen molar-refractivity contribution in [3.63, 3.8) is 0 Å². The Kier molecular flexibility index (Phi) is 7.79. The van der Waals surface area contributed by atoms with Gasteiger partial charge >= 0.3 is 0 Å². The Hall–Kier alpha value is -0.180. The summed E-state index contributed by atoms with van der Waals surface area (Å²) < 4.78 is 0. The summed E-state index contributed by atoms with van der Waals surface area (Å²) in [7, 11) is 0. The zero-order valence-corrected chi connectivity index (χ0v) is 8.04. The zero-order valence-electron chi connectivity index (χ0n) is 7.23. The zero-order chi connectivity index (χ0) is 8.53. The molecule has 0 amide bonds. The fourth-order valence-corrected chi connectivity index (χ4v) is 1.67. The van der Waals surface area contributed by atoms with Crippen molar-refractivity contribution in [1.82, 2.24) is 0 Å². The topological polar surface area (TPSA) is 49.9 Å². The van der Waals surface area contributed by atoms with E-state index < -0.39 is 0 Å². The summed E-state index contributed by atoms with van der Waals surface area (Å²) in [6, 6.07) is 0. The molecule has 3 heteroatoms. The quantitative estimate of drug-likeness (QED) is 0.353. The molecule has 0 unspecified atom stereocenters. The van der Waals surface area contributed by atoms with Crippen LogP contribution in [0.25, 0.3) is 0 Å². The molecule has 0 aliphatic rings. The van der Waals surface area contributed by atoms with Crippen LogP contribution < -0.4 is 5.73 Å². The molecule has 0 aliphatic carbocycles. The van der Waals surface area contributed by atoms with E-state index in [2.05, 4.69) is 6.92 Å². The van der Waals surface area contributed by atoms with E-state index >= 15 is 0 Å². The van der Waals surface area contributed by atoms with Gasteiger partial charge in [-0.2, -0.15) is 11.8 Å². The van der Waals surface area contributed by atoms with Crippen molar-refractivity contribution in [1.29, 1.82) is 5.41 Å². The number of nitrogens with two attached hydrogens (primary N) is 1. The lowest BCUT2D eigenvalue weighted by Gasteiger charge is -1.98. The lowest BCUT2D eigenvalue weighted by molar-refractivity contribution is 0.836. The van der Waals surface area contributed by atoms with Crippen LogP contribution in [-0.4, -0.2) is 17.3 Å². The van der Waals surface area contributed by atoms with Gasteiger partial charge in [0, 0.05) is 6.42 Å². The van der Waals surface area contributed by atoms with Gasteiger partial charge in [-0.1, -0.05) is 6.92 Å². The van der Waals surface area contributed by atoms with Crippen LogP contribution in [0, 0.1) is 5.41 Å². The summed E-state index contributed by atoms with van der Waals surface area (Å²) in [5, 5.41) is 6.98. The van der Waals surface area contributed by atoms with Crippen molar-refractivity contribution in [2.24, 2.45) is 5.73 Å². The third-order valence-electron chi connectivity index (χ3n) is 1.33. The number of nitrogens with one attached hydrogen (secondary N) is 1. The van der Waals surface area contributed by atoms with Crippen molar-refractivity contribution < 1.29 is 0 Å². The van der Waals surface area contributed by atoms with Gasteiger partial charge < -0.3 is 5.73 Å². The van der Waals surface area contributed by atoms with E-state index in [1.54, 1.807) is 0 Å². The average Bonchev–Trinajstić information content (AvgIpc) is 1.96. The molecule has 0 spiro atoms. The highest BCUT2D eigenvalue weighted by Crippen LogP contribution is 2.06. The maximum atomic E-state index is 6.98. The van der Waals surface area contributed by atoms with E-state index in [9.17, 15) is 0 Å². The fourth-order valence-electron chi connectivity index (χ4n) is 0.766. The average molecular weight is 174 g/mol. The molecule has 0 aromatic heterocycles. The molecule has 0 bridgehead atoms. The van der Waals surface area contributed by atoms with Gasteiger partial charge in [-0.15, -0.1) is 0 Å². The van der Waals surface area contributed by atoms with Crippen molar-refractivity contribution in [2.75, 3.05) is 11.5 Å². The van der Waals surface area contributed by atoms with E-state index in [0.717, 1.165) is 12.8 Å². The van der Waals surface area contributed by atoms with E-state index in [4.69, 9.17) is 11.1 Å². The second-order valence-electron chi connectivity index (χ2n) is 2.59. The minimum Gasteiger partial charge on any atom is -0.388 e. The fraction of sp³-hybridized carbons (Fsp3) is 0.875. The number of hydrogen-bond acceptors (Lipinski definition) is 2. The SMILES string of the molecule is CCCSCCCCC(=N)N. The first-order valence-electron chi connectivity index (χ1n) is 4.18. The van der Waals surface area contributed by atoms with Crippen LogP contribution in [0.1, 0.15) is 32.6 Å². The maximum Gasteiger partial charge on any atom is 0.0905 e. The Morgan fingerprint density at radius 3 is 2.64 bits per heavy atom. The van der Waals surface area contributed by atoms with Crippen LogP contribution in [0.15, 0.2) is 0 Å². The number of hydrogen-bond donors (Lipinski definition) is 2. The van der Waals surface area contributed by atoms with Gasteiger partial charge in [-0.25, -0.2) is 0 Å². The molecule has 3 N–H and O–H groups in total. The Morgan fingerprint density at radius 1 is 1.36 bits per heavy atom. The third kappa shape index (κ3) is 9.82. The summed E-state index contributed by atoms with van der Waals surface area (Å²) in [6.07, 6.45) is 4.31. The number of rotatable bonds is 7. The summed E-state index contributed by atoms with van der Waals surface area (Å²) >= 11 is 1.99. The van der Waals surface area contributed by atoms with Crippen molar-refractivity contribution in [3.8, 4) is 0 Å². The Balaban J connectivity index is 2.85. The predicted octanol–water partition coefficient (Wildman–Crippen LogP) is 2.24. The summed E-state index contributed by atoms with van der Waals surface area (Å²) in [5.74, 6) is 2.81. The molecule has 0 aromatic carbocycles. The Bertz CT molecular complexity index is 104. The molecule has 0 rings (SSSR count). The number of amidine groups is 1. The highest BCUT2D eigenvalue weighted by Gasteiger charge is 1.91. The number of thioether (sulfide) groups is 1. The molecule has 66 valence electrons. The van der Waals surface area contributed by atoms with Crippen LogP contribution >= 0.6 is 11.8 Å². The first-order chi connectivity index (χ1) is 5.27. The van der Waals surface area contributed by atoms with E-state index in [1.165, 1.54) is 24.3 Å². The lowest BCUT2D eigenvalue weighted by atomic mass is 10.2. The Labute approximate surface area is 73.4 Å². The predicted molar refractivity (Wildman–Crippen MR) is 53.4 cm³/mol. The van der Waals surface area contributed by atoms with Crippen LogP contribution in [0.2, 0.25) is 0 Å². The van der Waals surface area contributed by atoms with Crippen molar-refractivity contribution >= 4 is 17.6 Å². The second kappa shape index (κ2) is 7.92. The van der Waals surface area contributed by atoms with E-state index in [0.29, 0.717) is 5.84 Å². The molecule has 0 atom stereocenters. The van der Waals surface area contributed by atoms with Crippen LogP contribution in [0.4, 0.5) is 0 Å². The monoisotopic (exact) mass is 174 g/mol. The molecule has 0 saturated carbocycles. The molecule has 0 radical (unpaired) electrons. The van der Waals surface area contributed by atoms with E-state index in [-0.39, 0.29) is 0 Å². The maximum absolute atomic E-state index is 6.98. The van der Waals surface area contributed by atoms with Gasteiger partial charge in [-0.3, -0.25) is 5.41 Å². The van der Waals surface area contributed by atoms with Gasteiger partial charge in [0.1, 0.15) is 0 Å². The highest BCUT2D eigenvalue weighted by atomic mass is 32.2. The van der Waals surface area contributed by atoms with Gasteiger partial charge in [0.25, 0.3) is 0 Å². The Morgan fingerprint density at radius 2 is 2.09 bits per heavy atom. The second-order valence-corrected chi connectivity index (χ2v) is 3.82. The molecule has 0 aromatic rings. The first kappa shape index (κ1) is 10.8. The number of unbranched alkanes of at least 4 members (excludes halogenated alkanes) is 1. The van der Waals surface area contributed by atoms with Crippen LogP contribution in [-0.2, 0) is 0 Å². The molecular formula is C8H18N2S. The van der Waals surface area contributed by atoms with Gasteiger partial charge in [-0.05, 0) is 30.8 Å². The van der Waals surface area contributed by atoms with Gasteiger partial charge in [0.15, 0.2) is 0 Å². The first-order valence-corrected chi connectivity index (χ1v) is 5.33. The van der Waals surface area contributed by atoms with Gasteiger partial charge in [0.2, 0.25) is 0 Å². The lowest BCUT2D eigenvalue weighted by Crippen LogP contribution is -2.08. The summed E-state index contributed by atoms with van der Waals surface area (Å²) in [4.78, 5) is 0. The van der Waals surface area contributed by atoms with Crippen molar-refractivity contribution in [3.05, 3.63) is 0 Å². The molecule has 2 nitrogen and oxygen atoms in total. The minimum atomic E-state index is 0.325. The van der Waals surface area contributed by atoms with Gasteiger partial charge in [0.05, 0.1) is 5.84 Å². The summed E-state index contributed by atoms with van der Waals surface area (Å²) in [5.41, 5.74) is 5.21. The molecule has 11 heavy (non-hydrogen) atoms. The normalized spacial score (nSPS) is 9.91. The third-order valence-corrected chi connectivity index (χ3v) is 2.61. The summed E-state index contributed by atoms with van der Waals surface area (Å²) in [6.45, 7) is 2.20. The molecule has 0 saturated heterocycles. The molecule has 0 fully saturated rings. The smallest absolute Gasteiger partial charge is 0.0905 e. The molecule has 0 aliphatic heterocycles. The van der Waals surface area contributed by atoms with Crippen LogP contribution in [0.3, 0.4) is 0 Å².